The van der Waals surface area contributed by atoms with Crippen molar-refractivity contribution in [2.75, 3.05) is 0 Å². The number of nitrogens with one attached hydrogen (secondary N) is 1. The van der Waals surface area contributed by atoms with Gasteiger partial charge in [-0.25, -0.2) is 4.79 Å². The predicted octanol–water partition coefficient (Wildman–Crippen LogP) is 1.63. The van der Waals surface area contributed by atoms with Gasteiger partial charge >= 0.3 is 5.97 Å². The van der Waals surface area contributed by atoms with Crippen LogP contribution in [0, 0.1) is 5.92 Å². The predicted molar refractivity (Wildman–Crippen MR) is 71.6 cm³/mol. The van der Waals surface area contributed by atoms with E-state index in [9.17, 15) is 9.59 Å². The minimum absolute atomic E-state index is 0.0835. The molecule has 0 aliphatic carbocycles. The SMILES string of the molecule is CCC(C)C(NC(=O)CCc1cccnc1)C(=O)O. The maximum Gasteiger partial charge on any atom is 0.326 e. The van der Waals surface area contributed by atoms with Gasteiger partial charge in [-0.3, -0.25) is 9.78 Å². The number of pyridine rings is 1. The van der Waals surface area contributed by atoms with Gasteiger partial charge in [0.05, 0.1) is 0 Å². The van der Waals surface area contributed by atoms with Gasteiger partial charge < -0.3 is 10.4 Å². The minimum Gasteiger partial charge on any atom is -0.480 e. The van der Waals surface area contributed by atoms with Crippen molar-refractivity contribution in [3.63, 3.8) is 0 Å². The van der Waals surface area contributed by atoms with E-state index in [4.69, 9.17) is 5.11 Å². The quantitative estimate of drug-likeness (QED) is 0.784. The van der Waals surface area contributed by atoms with E-state index in [2.05, 4.69) is 10.3 Å². The number of aromatic nitrogens is 1. The molecule has 5 nitrogen and oxygen atoms in total. The van der Waals surface area contributed by atoms with Crippen molar-refractivity contribution in [2.45, 2.75) is 39.2 Å². The summed E-state index contributed by atoms with van der Waals surface area (Å²) in [6, 6.07) is 2.89. The first kappa shape index (κ1) is 15.1. The summed E-state index contributed by atoms with van der Waals surface area (Å²) in [7, 11) is 0. The molecule has 2 N–H and O–H groups in total. The number of nitrogens with zero attached hydrogens (tertiary/aromatic N) is 1. The molecule has 5 heteroatoms. The number of carboxylic acid groups (broad SMARTS) is 1. The summed E-state index contributed by atoms with van der Waals surface area (Å²) in [6.45, 7) is 3.72. The smallest absolute Gasteiger partial charge is 0.326 e. The number of hydrogen-bond acceptors (Lipinski definition) is 3. The Labute approximate surface area is 113 Å². The first-order valence-corrected chi connectivity index (χ1v) is 6.45. The molecule has 2 atom stereocenters. The molecular formula is C14H20N2O3. The lowest BCUT2D eigenvalue weighted by molar-refractivity contribution is -0.143. The fourth-order valence-electron chi connectivity index (χ4n) is 1.73. The van der Waals surface area contributed by atoms with Gasteiger partial charge in [-0.05, 0) is 24.0 Å². The summed E-state index contributed by atoms with van der Waals surface area (Å²) in [6.07, 6.45) is 4.92. The van der Waals surface area contributed by atoms with E-state index >= 15 is 0 Å². The summed E-state index contributed by atoms with van der Waals surface area (Å²) in [5.74, 6) is -1.31. The van der Waals surface area contributed by atoms with E-state index in [1.807, 2.05) is 26.0 Å². The van der Waals surface area contributed by atoms with E-state index in [0.29, 0.717) is 12.8 Å². The molecule has 1 amide bonds. The van der Waals surface area contributed by atoms with E-state index in [1.54, 1.807) is 12.4 Å². The Morgan fingerprint density at radius 1 is 1.47 bits per heavy atom. The third-order valence-corrected chi connectivity index (χ3v) is 3.16. The zero-order valence-corrected chi connectivity index (χ0v) is 11.3. The minimum atomic E-state index is -0.982. The van der Waals surface area contributed by atoms with Crippen LogP contribution in [0.15, 0.2) is 24.5 Å². The molecule has 0 bridgehead atoms. The molecule has 0 fully saturated rings. The van der Waals surface area contributed by atoms with Crippen molar-refractivity contribution in [3.05, 3.63) is 30.1 Å². The van der Waals surface area contributed by atoms with E-state index in [-0.39, 0.29) is 18.2 Å². The van der Waals surface area contributed by atoms with Gasteiger partial charge in [-0.2, -0.15) is 0 Å². The maximum atomic E-state index is 11.8. The first-order valence-electron chi connectivity index (χ1n) is 6.45. The zero-order chi connectivity index (χ0) is 14.3. The molecule has 1 aromatic rings. The van der Waals surface area contributed by atoms with Gasteiger partial charge in [0.1, 0.15) is 6.04 Å². The number of aryl methyl sites for hydroxylation is 1. The van der Waals surface area contributed by atoms with Crippen LogP contribution in [0.2, 0.25) is 0 Å². The molecule has 19 heavy (non-hydrogen) atoms. The van der Waals surface area contributed by atoms with E-state index < -0.39 is 12.0 Å². The van der Waals surface area contributed by atoms with Crippen LogP contribution in [-0.2, 0) is 16.0 Å². The highest BCUT2D eigenvalue weighted by molar-refractivity contribution is 5.83. The molecule has 0 saturated carbocycles. The van der Waals surface area contributed by atoms with Crippen molar-refractivity contribution >= 4 is 11.9 Å². The molecule has 0 aromatic carbocycles. The topological polar surface area (TPSA) is 79.3 Å². The molecule has 1 aromatic heterocycles. The molecular weight excluding hydrogens is 244 g/mol. The number of carbonyl (C=O) groups excluding carboxylic acids is 1. The molecule has 0 aliphatic heterocycles. The summed E-state index contributed by atoms with van der Waals surface area (Å²) in [5, 5.41) is 11.7. The summed E-state index contributed by atoms with van der Waals surface area (Å²) in [5.41, 5.74) is 0.966. The third-order valence-electron chi connectivity index (χ3n) is 3.16. The van der Waals surface area contributed by atoms with Crippen molar-refractivity contribution in [2.24, 2.45) is 5.92 Å². The summed E-state index contributed by atoms with van der Waals surface area (Å²) >= 11 is 0. The average Bonchev–Trinajstić information content (AvgIpc) is 2.42. The highest BCUT2D eigenvalue weighted by Gasteiger charge is 2.24. The number of rotatable bonds is 7. The van der Waals surface area contributed by atoms with Gasteiger partial charge in [0.25, 0.3) is 0 Å². The average molecular weight is 264 g/mol. The van der Waals surface area contributed by atoms with Crippen molar-refractivity contribution in [1.29, 1.82) is 0 Å². The van der Waals surface area contributed by atoms with Crippen LogP contribution >= 0.6 is 0 Å². The van der Waals surface area contributed by atoms with Gasteiger partial charge in [0.2, 0.25) is 5.91 Å². The van der Waals surface area contributed by atoms with E-state index in [1.165, 1.54) is 0 Å². The van der Waals surface area contributed by atoms with Crippen LogP contribution in [0.4, 0.5) is 0 Å². The lowest BCUT2D eigenvalue weighted by atomic mass is 9.99. The number of carbonyl (C=O) groups is 2. The van der Waals surface area contributed by atoms with Crippen LogP contribution in [-0.4, -0.2) is 28.0 Å². The Morgan fingerprint density at radius 2 is 2.21 bits per heavy atom. The second kappa shape index (κ2) is 7.51. The van der Waals surface area contributed by atoms with Crippen LogP contribution < -0.4 is 5.32 Å². The van der Waals surface area contributed by atoms with Crippen molar-refractivity contribution in [1.82, 2.24) is 10.3 Å². The molecule has 1 heterocycles. The largest absolute Gasteiger partial charge is 0.480 e. The summed E-state index contributed by atoms with van der Waals surface area (Å²) < 4.78 is 0. The van der Waals surface area contributed by atoms with Crippen LogP contribution in [0.3, 0.4) is 0 Å². The van der Waals surface area contributed by atoms with Crippen LogP contribution in [0.1, 0.15) is 32.3 Å². The monoisotopic (exact) mass is 264 g/mol. The lowest BCUT2D eigenvalue weighted by Gasteiger charge is -2.20. The fraction of sp³-hybridized carbons (Fsp3) is 0.500. The maximum absolute atomic E-state index is 11.8. The van der Waals surface area contributed by atoms with E-state index in [0.717, 1.165) is 5.56 Å². The highest BCUT2D eigenvalue weighted by Crippen LogP contribution is 2.08. The van der Waals surface area contributed by atoms with Crippen LogP contribution in [0.5, 0.6) is 0 Å². The van der Waals surface area contributed by atoms with Crippen LogP contribution in [0.25, 0.3) is 0 Å². The Balaban J connectivity index is 2.47. The molecule has 104 valence electrons. The Hall–Kier alpha value is -1.91. The summed E-state index contributed by atoms with van der Waals surface area (Å²) in [4.78, 5) is 26.8. The normalized spacial score (nSPS) is 13.6. The number of amides is 1. The van der Waals surface area contributed by atoms with Crippen molar-refractivity contribution in [3.8, 4) is 0 Å². The zero-order valence-electron chi connectivity index (χ0n) is 11.3. The van der Waals surface area contributed by atoms with Gasteiger partial charge in [-0.15, -0.1) is 0 Å². The molecule has 1 rings (SSSR count). The third kappa shape index (κ3) is 5.07. The fourth-order valence-corrected chi connectivity index (χ4v) is 1.73. The molecule has 0 aliphatic rings. The van der Waals surface area contributed by atoms with Gasteiger partial charge in [0.15, 0.2) is 0 Å². The Bertz CT molecular complexity index is 420. The lowest BCUT2D eigenvalue weighted by Crippen LogP contribution is -2.45. The molecule has 0 spiro atoms. The second-order valence-corrected chi connectivity index (χ2v) is 4.63. The Morgan fingerprint density at radius 3 is 2.74 bits per heavy atom. The van der Waals surface area contributed by atoms with Gasteiger partial charge in [0, 0.05) is 18.8 Å². The number of aliphatic carboxylic acids is 1. The van der Waals surface area contributed by atoms with Crippen molar-refractivity contribution < 1.29 is 14.7 Å². The molecule has 0 radical (unpaired) electrons. The molecule has 0 saturated heterocycles. The Kier molecular flexibility index (Phi) is 5.99. The van der Waals surface area contributed by atoms with Gasteiger partial charge in [-0.1, -0.05) is 26.3 Å². The number of hydrogen-bond donors (Lipinski definition) is 2. The molecule has 2 unspecified atom stereocenters. The standard InChI is InChI=1S/C14H20N2O3/c1-3-10(2)13(14(18)19)16-12(17)7-6-11-5-4-8-15-9-11/h4-5,8-10,13H,3,6-7H2,1-2H3,(H,16,17)(H,18,19). The number of carboxylic acids is 1. The second-order valence-electron chi connectivity index (χ2n) is 4.63. The highest BCUT2D eigenvalue weighted by atomic mass is 16.4. The first-order chi connectivity index (χ1) is 9.04.